The van der Waals surface area contributed by atoms with Crippen molar-refractivity contribution in [1.29, 1.82) is 0 Å². The number of sulfone groups is 2. The highest BCUT2D eigenvalue weighted by Crippen LogP contribution is 2.26. The van der Waals surface area contributed by atoms with E-state index in [2.05, 4.69) is 11.4 Å². The number of allylic oxidation sites excluding steroid dienone is 1. The fourth-order valence-corrected chi connectivity index (χ4v) is 8.48. The van der Waals surface area contributed by atoms with Crippen molar-refractivity contribution in [1.82, 2.24) is 5.32 Å². The van der Waals surface area contributed by atoms with Gasteiger partial charge in [-0.2, -0.15) is 0 Å². The molecule has 0 unspecified atom stereocenters. The van der Waals surface area contributed by atoms with Gasteiger partial charge >= 0.3 is 0 Å². The smallest absolute Gasteiger partial charge is 0.183 e. The van der Waals surface area contributed by atoms with Crippen molar-refractivity contribution in [3.63, 3.8) is 0 Å². The quantitative estimate of drug-likeness (QED) is 0.746. The Hall–Kier alpha value is -1.18. The predicted molar refractivity (Wildman–Crippen MR) is 104 cm³/mol. The molecule has 144 valence electrons. The molecule has 1 fully saturated rings. The number of hydrogen-bond donors (Lipinski definition) is 1. The van der Waals surface area contributed by atoms with Crippen LogP contribution in [0.3, 0.4) is 0 Å². The van der Waals surface area contributed by atoms with Crippen LogP contribution in [0.4, 0.5) is 0 Å². The number of rotatable bonds is 6. The third-order valence-corrected chi connectivity index (χ3v) is 9.45. The molecule has 0 amide bonds. The van der Waals surface area contributed by atoms with E-state index in [1.807, 2.05) is 6.92 Å². The lowest BCUT2D eigenvalue weighted by Gasteiger charge is -2.21. The fourth-order valence-electron chi connectivity index (χ4n) is 3.76. The normalized spacial score (nSPS) is 25.8. The summed E-state index contributed by atoms with van der Waals surface area (Å²) < 4.78 is 50.3. The lowest BCUT2D eigenvalue weighted by molar-refractivity contribution is 0.523. The standard InChI is InChI=1S/C19H27NO4S2/c1-15-7-9-17(10-8-15)26(23,24)19-14-25(21,22)13-18(19)20-12-11-16-5-3-2-4-6-16/h5,7-10,18-20H,2-4,6,11-14H2,1H3/t18-,19-/m1/s1. The van der Waals surface area contributed by atoms with Crippen molar-refractivity contribution in [2.24, 2.45) is 0 Å². The van der Waals surface area contributed by atoms with Crippen LogP contribution in [0, 0.1) is 6.92 Å². The largest absolute Gasteiger partial charge is 0.311 e. The van der Waals surface area contributed by atoms with Gasteiger partial charge < -0.3 is 5.32 Å². The van der Waals surface area contributed by atoms with Gasteiger partial charge in [0.15, 0.2) is 19.7 Å². The first-order valence-corrected chi connectivity index (χ1v) is 12.6. The van der Waals surface area contributed by atoms with Gasteiger partial charge in [0.1, 0.15) is 0 Å². The van der Waals surface area contributed by atoms with Crippen LogP contribution in [0.1, 0.15) is 37.7 Å². The third kappa shape index (κ3) is 4.56. The summed E-state index contributed by atoms with van der Waals surface area (Å²) in [6, 6.07) is 6.08. The van der Waals surface area contributed by atoms with E-state index >= 15 is 0 Å². The Morgan fingerprint density at radius 1 is 1.12 bits per heavy atom. The van der Waals surface area contributed by atoms with Crippen LogP contribution in [0.5, 0.6) is 0 Å². The SMILES string of the molecule is Cc1ccc(S(=O)(=O)[C@@H]2CS(=O)(=O)C[C@H]2NCCC2=CCCCC2)cc1. The zero-order valence-electron chi connectivity index (χ0n) is 15.1. The van der Waals surface area contributed by atoms with Gasteiger partial charge in [-0.15, -0.1) is 0 Å². The summed E-state index contributed by atoms with van der Waals surface area (Å²) in [6.07, 6.45) is 7.75. The maximum Gasteiger partial charge on any atom is 0.183 e. The lowest BCUT2D eigenvalue weighted by Crippen LogP contribution is -2.43. The van der Waals surface area contributed by atoms with E-state index in [-0.39, 0.29) is 16.4 Å². The molecule has 1 aliphatic carbocycles. The number of hydrogen-bond acceptors (Lipinski definition) is 5. The molecule has 1 saturated heterocycles. The highest BCUT2D eigenvalue weighted by atomic mass is 32.2. The molecule has 2 atom stereocenters. The topological polar surface area (TPSA) is 80.3 Å². The summed E-state index contributed by atoms with van der Waals surface area (Å²) in [6.45, 7) is 2.51. The first-order valence-electron chi connectivity index (χ1n) is 9.20. The molecule has 5 nitrogen and oxygen atoms in total. The van der Waals surface area contributed by atoms with E-state index in [0.29, 0.717) is 6.54 Å². The molecule has 1 aromatic rings. The van der Waals surface area contributed by atoms with Gasteiger partial charge in [-0.1, -0.05) is 29.3 Å². The summed E-state index contributed by atoms with van der Waals surface area (Å²) in [5.74, 6) is -0.411. The summed E-state index contributed by atoms with van der Waals surface area (Å²) in [5.41, 5.74) is 2.36. The molecule has 0 saturated carbocycles. The Labute approximate surface area is 156 Å². The molecule has 0 aromatic heterocycles. The van der Waals surface area contributed by atoms with Crippen LogP contribution in [0.2, 0.25) is 0 Å². The molecule has 0 radical (unpaired) electrons. The Kier molecular flexibility index (Phi) is 5.89. The average Bonchev–Trinajstić information content (AvgIpc) is 2.92. The number of nitrogens with one attached hydrogen (secondary N) is 1. The van der Waals surface area contributed by atoms with Crippen LogP contribution in [0.25, 0.3) is 0 Å². The van der Waals surface area contributed by atoms with Crippen molar-refractivity contribution in [2.45, 2.75) is 55.2 Å². The Morgan fingerprint density at radius 2 is 1.85 bits per heavy atom. The fraction of sp³-hybridized carbons (Fsp3) is 0.579. The summed E-state index contributed by atoms with van der Waals surface area (Å²) in [7, 11) is -7.04. The molecule has 26 heavy (non-hydrogen) atoms. The Bertz CT molecular complexity index is 871. The van der Waals surface area contributed by atoms with Gasteiger partial charge in [-0.3, -0.25) is 0 Å². The van der Waals surface area contributed by atoms with Gasteiger partial charge in [-0.25, -0.2) is 16.8 Å². The zero-order chi connectivity index (χ0) is 18.8. The molecule has 1 heterocycles. The van der Waals surface area contributed by atoms with Crippen molar-refractivity contribution in [3.8, 4) is 0 Å². The van der Waals surface area contributed by atoms with E-state index in [9.17, 15) is 16.8 Å². The molecule has 7 heteroatoms. The van der Waals surface area contributed by atoms with Crippen LogP contribution < -0.4 is 5.32 Å². The molecule has 0 bridgehead atoms. The minimum atomic E-state index is -3.69. The molecule has 2 aliphatic rings. The molecule has 1 N–H and O–H groups in total. The number of benzene rings is 1. The molecule has 0 spiro atoms. The average molecular weight is 398 g/mol. The van der Waals surface area contributed by atoms with E-state index in [1.165, 1.54) is 18.4 Å². The predicted octanol–water partition coefficient (Wildman–Crippen LogP) is 2.41. The molecular formula is C19H27NO4S2. The van der Waals surface area contributed by atoms with Crippen molar-refractivity contribution >= 4 is 19.7 Å². The summed E-state index contributed by atoms with van der Waals surface area (Å²) in [4.78, 5) is 0.201. The maximum absolute atomic E-state index is 13.0. The Morgan fingerprint density at radius 3 is 2.50 bits per heavy atom. The lowest BCUT2D eigenvalue weighted by atomic mass is 9.97. The highest BCUT2D eigenvalue weighted by molar-refractivity contribution is 7.96. The Balaban J connectivity index is 1.73. The molecular weight excluding hydrogens is 370 g/mol. The molecule has 3 rings (SSSR count). The van der Waals surface area contributed by atoms with E-state index < -0.39 is 31.0 Å². The van der Waals surface area contributed by atoms with Gasteiger partial charge in [-0.05, 0) is 57.7 Å². The molecule has 1 aromatic carbocycles. The summed E-state index contributed by atoms with van der Waals surface area (Å²) in [5, 5.41) is 2.30. The van der Waals surface area contributed by atoms with Crippen LogP contribution in [-0.2, 0) is 19.7 Å². The van der Waals surface area contributed by atoms with Gasteiger partial charge in [0.2, 0.25) is 0 Å². The monoisotopic (exact) mass is 397 g/mol. The third-order valence-electron chi connectivity index (χ3n) is 5.29. The first kappa shape index (κ1) is 19.6. The van der Waals surface area contributed by atoms with Crippen LogP contribution in [-0.4, -0.2) is 46.2 Å². The second-order valence-corrected chi connectivity index (χ2v) is 11.7. The van der Waals surface area contributed by atoms with Crippen molar-refractivity contribution in [3.05, 3.63) is 41.5 Å². The minimum absolute atomic E-state index is 0.109. The van der Waals surface area contributed by atoms with Crippen LogP contribution >= 0.6 is 0 Å². The second kappa shape index (κ2) is 7.82. The maximum atomic E-state index is 13.0. The number of aryl methyl sites for hydroxylation is 1. The zero-order valence-corrected chi connectivity index (χ0v) is 16.8. The van der Waals surface area contributed by atoms with Gasteiger partial charge in [0, 0.05) is 6.04 Å². The van der Waals surface area contributed by atoms with E-state index in [0.717, 1.165) is 24.8 Å². The van der Waals surface area contributed by atoms with E-state index in [1.54, 1.807) is 24.3 Å². The first-order chi connectivity index (χ1) is 12.3. The van der Waals surface area contributed by atoms with Gasteiger partial charge in [0.05, 0.1) is 21.7 Å². The van der Waals surface area contributed by atoms with Crippen molar-refractivity contribution in [2.75, 3.05) is 18.1 Å². The van der Waals surface area contributed by atoms with Crippen molar-refractivity contribution < 1.29 is 16.8 Å². The van der Waals surface area contributed by atoms with E-state index in [4.69, 9.17) is 0 Å². The van der Waals surface area contributed by atoms with Crippen LogP contribution in [0.15, 0.2) is 40.8 Å². The summed E-state index contributed by atoms with van der Waals surface area (Å²) >= 11 is 0. The molecule has 1 aliphatic heterocycles. The second-order valence-electron chi connectivity index (χ2n) is 7.39. The minimum Gasteiger partial charge on any atom is -0.311 e. The van der Waals surface area contributed by atoms with Gasteiger partial charge in [0.25, 0.3) is 0 Å². The highest BCUT2D eigenvalue weighted by Gasteiger charge is 2.45.